The normalized spacial score (nSPS) is 10.8. The van der Waals surface area contributed by atoms with E-state index >= 15 is 0 Å². The Morgan fingerprint density at radius 1 is 1.45 bits per heavy atom. The second-order valence-corrected chi connectivity index (χ2v) is 6.39. The van der Waals surface area contributed by atoms with E-state index in [1.54, 1.807) is 6.07 Å². The molecular formula is C13H15BrN4OS. The van der Waals surface area contributed by atoms with E-state index in [-0.39, 0.29) is 11.8 Å². The second kappa shape index (κ2) is 5.88. The summed E-state index contributed by atoms with van der Waals surface area (Å²) >= 11 is 4.52. The third-order valence-corrected chi connectivity index (χ3v) is 4.27. The monoisotopic (exact) mass is 354 g/mol. The number of aryl methyl sites for hydroxylation is 1. The Morgan fingerprint density at radius 2 is 2.15 bits per heavy atom. The molecule has 1 aromatic carbocycles. The van der Waals surface area contributed by atoms with Gasteiger partial charge in [0.05, 0.1) is 11.4 Å². The molecule has 1 heterocycles. The molecule has 0 fully saturated rings. The largest absolute Gasteiger partial charge is 0.398 e. The zero-order chi connectivity index (χ0) is 14.9. The van der Waals surface area contributed by atoms with Gasteiger partial charge in [-0.15, -0.1) is 5.10 Å². The number of amides is 1. The first kappa shape index (κ1) is 14.9. The average molecular weight is 355 g/mol. The van der Waals surface area contributed by atoms with Crippen molar-refractivity contribution in [3.05, 3.63) is 32.7 Å². The van der Waals surface area contributed by atoms with Crippen molar-refractivity contribution in [2.45, 2.75) is 26.7 Å². The van der Waals surface area contributed by atoms with E-state index < -0.39 is 0 Å². The van der Waals surface area contributed by atoms with Crippen LogP contribution in [0, 0.1) is 6.92 Å². The number of nitrogens with one attached hydrogen (secondary N) is 1. The van der Waals surface area contributed by atoms with Crippen molar-refractivity contribution in [2.75, 3.05) is 11.1 Å². The molecule has 0 saturated heterocycles. The minimum atomic E-state index is -0.215. The van der Waals surface area contributed by atoms with Crippen molar-refractivity contribution < 1.29 is 4.79 Å². The van der Waals surface area contributed by atoms with Crippen molar-refractivity contribution in [3.63, 3.8) is 0 Å². The van der Waals surface area contributed by atoms with E-state index in [0.717, 1.165) is 21.6 Å². The third kappa shape index (κ3) is 2.99. The molecule has 0 spiro atoms. The summed E-state index contributed by atoms with van der Waals surface area (Å²) in [6.07, 6.45) is 0. The van der Waals surface area contributed by atoms with E-state index in [4.69, 9.17) is 5.73 Å². The van der Waals surface area contributed by atoms with Gasteiger partial charge in [0, 0.05) is 10.2 Å². The van der Waals surface area contributed by atoms with Crippen molar-refractivity contribution in [2.24, 2.45) is 0 Å². The standard InChI is InChI=1S/C13H15BrN4OS/c1-6(2)11-12(20-18-17-11)13(19)16-10-5-9(15)7(3)4-8(10)14/h4-6H,15H2,1-3H3,(H,16,19). The highest BCUT2D eigenvalue weighted by Crippen LogP contribution is 2.29. The fraction of sp³-hybridized carbons (Fsp3) is 0.308. The van der Waals surface area contributed by atoms with Gasteiger partial charge in [-0.1, -0.05) is 18.3 Å². The molecule has 20 heavy (non-hydrogen) atoms. The number of carbonyl (C=O) groups is 1. The quantitative estimate of drug-likeness (QED) is 0.825. The predicted molar refractivity (Wildman–Crippen MR) is 85.2 cm³/mol. The van der Waals surface area contributed by atoms with Gasteiger partial charge in [0.2, 0.25) is 0 Å². The van der Waals surface area contributed by atoms with Crippen LogP contribution in [0.25, 0.3) is 0 Å². The number of carbonyl (C=O) groups excluding carboxylic acids is 1. The molecule has 1 aromatic heterocycles. The highest BCUT2D eigenvalue weighted by Gasteiger charge is 2.19. The molecule has 0 radical (unpaired) electrons. The summed E-state index contributed by atoms with van der Waals surface area (Å²) in [7, 11) is 0. The molecule has 0 unspecified atom stereocenters. The number of hydrogen-bond donors (Lipinski definition) is 2. The molecule has 0 aliphatic heterocycles. The van der Waals surface area contributed by atoms with Crippen LogP contribution in [0.4, 0.5) is 11.4 Å². The van der Waals surface area contributed by atoms with Crippen LogP contribution in [0.15, 0.2) is 16.6 Å². The lowest BCUT2D eigenvalue weighted by atomic mass is 10.1. The molecule has 0 aliphatic rings. The molecule has 2 rings (SSSR count). The van der Waals surface area contributed by atoms with Crippen LogP contribution in [-0.2, 0) is 0 Å². The van der Waals surface area contributed by atoms with Crippen molar-refractivity contribution in [1.82, 2.24) is 9.59 Å². The van der Waals surface area contributed by atoms with Gasteiger partial charge in [0.15, 0.2) is 0 Å². The number of rotatable bonds is 3. The number of aromatic nitrogens is 2. The first-order valence-corrected chi connectivity index (χ1v) is 7.66. The fourth-order valence-electron chi connectivity index (χ4n) is 1.70. The summed E-state index contributed by atoms with van der Waals surface area (Å²) in [6, 6.07) is 3.61. The van der Waals surface area contributed by atoms with Gasteiger partial charge in [0.25, 0.3) is 5.91 Å². The number of nitrogens with two attached hydrogens (primary N) is 1. The maximum absolute atomic E-state index is 12.3. The summed E-state index contributed by atoms with van der Waals surface area (Å²) in [5, 5.41) is 6.84. The summed E-state index contributed by atoms with van der Waals surface area (Å²) in [5.41, 5.74) is 8.81. The van der Waals surface area contributed by atoms with E-state index in [1.165, 1.54) is 0 Å². The van der Waals surface area contributed by atoms with Gasteiger partial charge in [0.1, 0.15) is 4.88 Å². The zero-order valence-electron chi connectivity index (χ0n) is 11.4. The number of anilines is 2. The van der Waals surface area contributed by atoms with Crippen molar-refractivity contribution in [3.8, 4) is 0 Å². The molecule has 2 aromatic rings. The lowest BCUT2D eigenvalue weighted by Crippen LogP contribution is -2.13. The molecule has 1 amide bonds. The van der Waals surface area contributed by atoms with Crippen LogP contribution < -0.4 is 11.1 Å². The third-order valence-electron chi connectivity index (χ3n) is 2.87. The van der Waals surface area contributed by atoms with Crippen LogP contribution in [0.5, 0.6) is 0 Å². The Balaban J connectivity index is 2.28. The van der Waals surface area contributed by atoms with Crippen LogP contribution >= 0.6 is 27.5 Å². The van der Waals surface area contributed by atoms with E-state index in [0.29, 0.717) is 21.9 Å². The molecule has 3 N–H and O–H groups in total. The zero-order valence-corrected chi connectivity index (χ0v) is 13.8. The lowest BCUT2D eigenvalue weighted by molar-refractivity contribution is 0.102. The van der Waals surface area contributed by atoms with Gasteiger partial charge in [-0.2, -0.15) is 0 Å². The Kier molecular flexibility index (Phi) is 4.39. The van der Waals surface area contributed by atoms with Crippen LogP contribution in [-0.4, -0.2) is 15.5 Å². The van der Waals surface area contributed by atoms with Crippen molar-refractivity contribution in [1.29, 1.82) is 0 Å². The van der Waals surface area contributed by atoms with E-state index in [1.807, 2.05) is 26.8 Å². The number of nitrogen functional groups attached to an aromatic ring is 1. The number of halogens is 1. The van der Waals surface area contributed by atoms with Gasteiger partial charge in [-0.3, -0.25) is 4.79 Å². The van der Waals surface area contributed by atoms with Crippen molar-refractivity contribution >= 4 is 44.7 Å². The fourth-order valence-corrected chi connectivity index (χ4v) is 2.97. The summed E-state index contributed by atoms with van der Waals surface area (Å²) < 4.78 is 4.65. The number of benzene rings is 1. The summed E-state index contributed by atoms with van der Waals surface area (Å²) in [5.74, 6) is -0.0614. The predicted octanol–water partition coefficient (Wildman–Crippen LogP) is 3.57. The van der Waals surface area contributed by atoms with Crippen LogP contribution in [0.2, 0.25) is 0 Å². The van der Waals surface area contributed by atoms with Gasteiger partial charge < -0.3 is 11.1 Å². The van der Waals surface area contributed by atoms with Crippen LogP contribution in [0.1, 0.15) is 40.7 Å². The molecular weight excluding hydrogens is 340 g/mol. The Hall–Kier alpha value is -1.47. The number of hydrogen-bond acceptors (Lipinski definition) is 5. The van der Waals surface area contributed by atoms with E-state index in [9.17, 15) is 4.79 Å². The Bertz CT molecular complexity index is 654. The van der Waals surface area contributed by atoms with Crippen LogP contribution in [0.3, 0.4) is 0 Å². The first-order chi connectivity index (χ1) is 9.40. The van der Waals surface area contributed by atoms with Gasteiger partial charge in [-0.05, 0) is 58.0 Å². The minimum Gasteiger partial charge on any atom is -0.398 e. The SMILES string of the molecule is Cc1cc(Br)c(NC(=O)c2snnc2C(C)C)cc1N. The Morgan fingerprint density at radius 3 is 2.80 bits per heavy atom. The maximum atomic E-state index is 12.3. The molecule has 0 saturated carbocycles. The smallest absolute Gasteiger partial charge is 0.269 e. The first-order valence-electron chi connectivity index (χ1n) is 6.09. The second-order valence-electron chi connectivity index (χ2n) is 4.78. The topological polar surface area (TPSA) is 80.9 Å². The molecule has 106 valence electrons. The minimum absolute atomic E-state index is 0.154. The summed E-state index contributed by atoms with van der Waals surface area (Å²) in [6.45, 7) is 5.87. The summed E-state index contributed by atoms with van der Waals surface area (Å²) in [4.78, 5) is 12.8. The molecule has 5 nitrogen and oxygen atoms in total. The molecule has 0 bridgehead atoms. The maximum Gasteiger partial charge on any atom is 0.269 e. The molecule has 7 heteroatoms. The highest BCUT2D eigenvalue weighted by atomic mass is 79.9. The highest BCUT2D eigenvalue weighted by molar-refractivity contribution is 9.10. The van der Waals surface area contributed by atoms with Gasteiger partial charge in [-0.25, -0.2) is 0 Å². The number of nitrogens with zero attached hydrogens (tertiary/aromatic N) is 2. The van der Waals surface area contributed by atoms with Gasteiger partial charge >= 0.3 is 0 Å². The average Bonchev–Trinajstić information content (AvgIpc) is 2.85. The Labute approximate surface area is 129 Å². The van der Waals surface area contributed by atoms with E-state index in [2.05, 4.69) is 30.8 Å². The molecule has 0 atom stereocenters. The molecule has 0 aliphatic carbocycles. The lowest BCUT2D eigenvalue weighted by Gasteiger charge is -2.10.